The number of hydrogen-bond donors (Lipinski definition) is 2. The molecule has 2 atom stereocenters. The molecule has 0 heterocycles. The van der Waals surface area contributed by atoms with Crippen LogP contribution in [0.25, 0.3) is 0 Å². The highest BCUT2D eigenvalue weighted by atomic mass is 16.3. The molecule has 1 aromatic rings. The molecule has 12 heavy (non-hydrogen) atoms. The largest absolute Gasteiger partial charge is 0.388 e. The van der Waals surface area contributed by atoms with Crippen LogP contribution < -0.4 is 0 Å². The van der Waals surface area contributed by atoms with Gasteiger partial charge in [-0.2, -0.15) is 0 Å². The maximum Gasteiger partial charge on any atom is 0.0833 e. The molecular weight excluding hydrogens is 152 g/mol. The highest BCUT2D eigenvalue weighted by Gasteiger charge is 2.31. The van der Waals surface area contributed by atoms with Crippen LogP contribution in [0.2, 0.25) is 0 Å². The minimum Gasteiger partial charge on any atom is -0.388 e. The number of benzene rings is 1. The molecule has 0 spiro atoms. The van der Waals surface area contributed by atoms with E-state index in [-0.39, 0.29) is 12.2 Å². The summed E-state index contributed by atoms with van der Waals surface area (Å²) in [4.78, 5) is 0. The second-order valence-corrected chi connectivity index (χ2v) is 3.69. The minimum absolute atomic E-state index is 0.280. The van der Waals surface area contributed by atoms with E-state index in [1.807, 2.05) is 6.07 Å². The summed E-state index contributed by atoms with van der Waals surface area (Å²) in [7, 11) is 0. The van der Waals surface area contributed by atoms with E-state index < -0.39 is 0 Å². The fourth-order valence-electron chi connectivity index (χ4n) is 2.08. The van der Waals surface area contributed by atoms with Crippen LogP contribution in [0.5, 0.6) is 0 Å². The van der Waals surface area contributed by atoms with Gasteiger partial charge in [0.1, 0.15) is 0 Å². The Kier molecular flexibility index (Phi) is 1.05. The number of rotatable bonds is 0. The van der Waals surface area contributed by atoms with Crippen molar-refractivity contribution in [3.05, 3.63) is 34.4 Å². The van der Waals surface area contributed by atoms with E-state index in [9.17, 15) is 10.2 Å². The normalized spacial score (nSPS) is 29.8. The fraction of sp³-hybridized carbons (Fsp3) is 0.400. The molecule has 3 rings (SSSR count). The molecular formula is C10H10O2. The topological polar surface area (TPSA) is 40.5 Å². The summed E-state index contributed by atoms with van der Waals surface area (Å²) in [6, 6.07) is 4.07. The van der Waals surface area contributed by atoms with E-state index >= 15 is 0 Å². The molecule has 0 aliphatic heterocycles. The lowest BCUT2D eigenvalue weighted by atomic mass is 9.75. The van der Waals surface area contributed by atoms with Gasteiger partial charge >= 0.3 is 0 Å². The molecule has 2 nitrogen and oxygen atoms in total. The molecule has 0 saturated heterocycles. The minimum atomic E-state index is -0.280. The Labute approximate surface area is 70.5 Å². The molecule has 0 bridgehead atoms. The molecule has 0 saturated carbocycles. The summed E-state index contributed by atoms with van der Waals surface area (Å²) in [6.07, 6.45) is 1.02. The SMILES string of the molecule is OC1Cc2cc3c(cc21)C(O)C3. The first-order valence-corrected chi connectivity index (χ1v) is 4.27. The molecule has 2 aliphatic rings. The van der Waals surface area contributed by atoms with Crippen LogP contribution in [0.1, 0.15) is 34.5 Å². The first-order valence-electron chi connectivity index (χ1n) is 4.27. The lowest BCUT2D eigenvalue weighted by molar-refractivity contribution is 0.141. The second kappa shape index (κ2) is 1.90. The van der Waals surface area contributed by atoms with Gasteiger partial charge in [-0.1, -0.05) is 12.1 Å². The average molecular weight is 162 g/mol. The Balaban J connectivity index is 2.16. The van der Waals surface area contributed by atoms with Crippen molar-refractivity contribution in [2.45, 2.75) is 25.0 Å². The summed E-state index contributed by atoms with van der Waals surface area (Å²) in [6.45, 7) is 0. The molecule has 0 amide bonds. The Morgan fingerprint density at radius 3 is 1.83 bits per heavy atom. The zero-order chi connectivity index (χ0) is 8.29. The third kappa shape index (κ3) is 0.625. The number of aliphatic hydroxyl groups is 2. The van der Waals surface area contributed by atoms with Gasteiger partial charge in [0.2, 0.25) is 0 Å². The van der Waals surface area contributed by atoms with E-state index in [1.165, 1.54) is 11.1 Å². The number of hydrogen-bond acceptors (Lipinski definition) is 2. The fourth-order valence-corrected chi connectivity index (χ4v) is 2.08. The summed E-state index contributed by atoms with van der Waals surface area (Å²) in [5, 5.41) is 18.7. The molecule has 1 aromatic carbocycles. The van der Waals surface area contributed by atoms with Crippen LogP contribution in [0.3, 0.4) is 0 Å². The summed E-state index contributed by atoms with van der Waals surface area (Å²) in [5.74, 6) is 0. The zero-order valence-corrected chi connectivity index (χ0v) is 6.62. The van der Waals surface area contributed by atoms with Gasteiger partial charge in [-0.3, -0.25) is 0 Å². The molecule has 0 radical (unpaired) electrons. The Hall–Kier alpha value is -0.860. The lowest BCUT2D eigenvalue weighted by Crippen LogP contribution is -2.23. The van der Waals surface area contributed by atoms with Gasteiger partial charge in [0.15, 0.2) is 0 Å². The van der Waals surface area contributed by atoms with Crippen molar-refractivity contribution in [3.63, 3.8) is 0 Å². The maximum absolute atomic E-state index is 9.34. The van der Waals surface area contributed by atoms with Crippen molar-refractivity contribution in [3.8, 4) is 0 Å². The van der Waals surface area contributed by atoms with E-state index in [2.05, 4.69) is 6.07 Å². The van der Waals surface area contributed by atoms with Crippen molar-refractivity contribution in [2.24, 2.45) is 0 Å². The van der Waals surface area contributed by atoms with Crippen LogP contribution in [0.4, 0.5) is 0 Å². The van der Waals surface area contributed by atoms with Gasteiger partial charge in [0.05, 0.1) is 12.2 Å². The van der Waals surface area contributed by atoms with Crippen molar-refractivity contribution in [1.82, 2.24) is 0 Å². The van der Waals surface area contributed by atoms with Gasteiger partial charge in [-0.15, -0.1) is 0 Å². The predicted molar refractivity (Wildman–Crippen MR) is 43.8 cm³/mol. The number of fused-ring (bicyclic) bond motifs is 2. The highest BCUT2D eigenvalue weighted by Crippen LogP contribution is 2.41. The Bertz CT molecular complexity index is 326. The van der Waals surface area contributed by atoms with Crippen molar-refractivity contribution in [2.75, 3.05) is 0 Å². The Morgan fingerprint density at radius 1 is 0.917 bits per heavy atom. The van der Waals surface area contributed by atoms with Gasteiger partial charge in [0.25, 0.3) is 0 Å². The third-order valence-electron chi connectivity index (χ3n) is 2.95. The van der Waals surface area contributed by atoms with E-state index in [1.54, 1.807) is 0 Å². The highest BCUT2D eigenvalue weighted by molar-refractivity contribution is 5.50. The van der Waals surface area contributed by atoms with Crippen molar-refractivity contribution >= 4 is 0 Å². The standard InChI is InChI=1S/C10H10O2/c11-9-2-5-1-6-3-10(12)8(6)4-7(5)9/h1,4,9-12H,2-3H2. The quantitative estimate of drug-likeness (QED) is 0.594. The summed E-state index contributed by atoms with van der Waals surface area (Å²) in [5.41, 5.74) is 4.56. The third-order valence-corrected chi connectivity index (χ3v) is 2.95. The first-order chi connectivity index (χ1) is 5.75. The lowest BCUT2D eigenvalue weighted by Gasteiger charge is -2.33. The van der Waals surface area contributed by atoms with E-state index in [4.69, 9.17) is 0 Å². The maximum atomic E-state index is 9.34. The Morgan fingerprint density at radius 2 is 1.42 bits per heavy atom. The zero-order valence-electron chi connectivity index (χ0n) is 6.62. The van der Waals surface area contributed by atoms with Crippen LogP contribution in [-0.4, -0.2) is 10.2 Å². The monoisotopic (exact) mass is 162 g/mol. The van der Waals surface area contributed by atoms with Crippen LogP contribution >= 0.6 is 0 Å². The van der Waals surface area contributed by atoms with Crippen LogP contribution in [-0.2, 0) is 12.8 Å². The van der Waals surface area contributed by atoms with Crippen LogP contribution in [0.15, 0.2) is 12.1 Å². The van der Waals surface area contributed by atoms with Gasteiger partial charge in [-0.05, 0) is 22.3 Å². The molecule has 2 heteroatoms. The predicted octanol–water partition coefficient (Wildman–Crippen LogP) is 0.866. The van der Waals surface area contributed by atoms with Gasteiger partial charge < -0.3 is 10.2 Å². The van der Waals surface area contributed by atoms with Crippen molar-refractivity contribution in [1.29, 1.82) is 0 Å². The van der Waals surface area contributed by atoms with Gasteiger partial charge in [0, 0.05) is 12.8 Å². The molecule has 0 aromatic heterocycles. The van der Waals surface area contributed by atoms with E-state index in [0.29, 0.717) is 0 Å². The molecule has 2 aliphatic carbocycles. The van der Waals surface area contributed by atoms with E-state index in [0.717, 1.165) is 24.0 Å². The smallest absolute Gasteiger partial charge is 0.0833 e. The van der Waals surface area contributed by atoms with Crippen molar-refractivity contribution < 1.29 is 10.2 Å². The second-order valence-electron chi connectivity index (χ2n) is 3.69. The number of aliphatic hydroxyl groups excluding tert-OH is 2. The molecule has 62 valence electrons. The van der Waals surface area contributed by atoms with Gasteiger partial charge in [-0.25, -0.2) is 0 Å². The molecule has 0 fully saturated rings. The summed E-state index contributed by atoms with van der Waals surface area (Å²) < 4.78 is 0. The molecule has 2 N–H and O–H groups in total. The molecule has 2 unspecified atom stereocenters. The summed E-state index contributed by atoms with van der Waals surface area (Å²) >= 11 is 0. The average Bonchev–Trinajstić information content (AvgIpc) is 2.01. The first kappa shape index (κ1) is 6.63. The van der Waals surface area contributed by atoms with Crippen LogP contribution in [0, 0.1) is 0 Å².